The fraction of sp³-hybridized carbons (Fsp3) is 0.235. The Bertz CT molecular complexity index is 672. The third-order valence-corrected chi connectivity index (χ3v) is 3.34. The Morgan fingerprint density at radius 2 is 1.75 bits per heavy atom. The predicted octanol–water partition coefficient (Wildman–Crippen LogP) is 3.99. The van der Waals surface area contributed by atoms with Gasteiger partial charge < -0.3 is 9.84 Å². The van der Waals surface area contributed by atoms with Gasteiger partial charge in [0.1, 0.15) is 5.75 Å². The van der Waals surface area contributed by atoms with E-state index in [9.17, 15) is 9.90 Å². The van der Waals surface area contributed by atoms with E-state index in [0.717, 1.165) is 22.3 Å². The van der Waals surface area contributed by atoms with Gasteiger partial charge in [0.25, 0.3) is 0 Å². The molecule has 0 amide bonds. The molecule has 3 heteroatoms. The average Bonchev–Trinajstić information content (AvgIpc) is 2.38. The van der Waals surface area contributed by atoms with E-state index < -0.39 is 5.97 Å². The van der Waals surface area contributed by atoms with E-state index in [1.165, 1.54) is 0 Å². The van der Waals surface area contributed by atoms with Crippen LogP contribution < -0.4 is 4.74 Å². The van der Waals surface area contributed by atoms with Crippen LogP contribution in [0.5, 0.6) is 5.75 Å². The third kappa shape index (κ3) is 2.52. The molecule has 1 N–H and O–H groups in total. The van der Waals surface area contributed by atoms with Gasteiger partial charge >= 0.3 is 5.97 Å². The van der Waals surface area contributed by atoms with Crippen LogP contribution in [0.3, 0.4) is 0 Å². The molecule has 0 bridgehead atoms. The van der Waals surface area contributed by atoms with Crippen molar-refractivity contribution < 1.29 is 14.6 Å². The average molecular weight is 270 g/mol. The molecule has 3 nitrogen and oxygen atoms in total. The lowest BCUT2D eigenvalue weighted by atomic mass is 9.92. The normalized spacial score (nSPS) is 10.4. The van der Waals surface area contributed by atoms with Crippen LogP contribution in [0.2, 0.25) is 0 Å². The molecule has 0 aliphatic rings. The molecule has 0 fully saturated rings. The highest BCUT2D eigenvalue weighted by Gasteiger charge is 2.17. The maximum absolute atomic E-state index is 11.5. The Kier molecular flexibility index (Phi) is 3.79. The fourth-order valence-electron chi connectivity index (χ4n) is 2.49. The summed E-state index contributed by atoms with van der Waals surface area (Å²) in [4.78, 5) is 11.5. The van der Waals surface area contributed by atoms with Crippen molar-refractivity contribution in [2.24, 2.45) is 0 Å². The van der Waals surface area contributed by atoms with Gasteiger partial charge in [-0.05, 0) is 44.0 Å². The Hall–Kier alpha value is -2.29. The molecule has 0 unspecified atom stereocenters. The molecule has 0 spiro atoms. The Morgan fingerprint density at radius 1 is 1.05 bits per heavy atom. The lowest BCUT2D eigenvalue weighted by Crippen LogP contribution is -2.02. The molecule has 20 heavy (non-hydrogen) atoms. The smallest absolute Gasteiger partial charge is 0.336 e. The minimum Gasteiger partial charge on any atom is -0.496 e. The number of benzene rings is 2. The van der Waals surface area contributed by atoms with Crippen molar-refractivity contribution >= 4 is 5.97 Å². The second kappa shape index (κ2) is 5.37. The van der Waals surface area contributed by atoms with E-state index in [1.54, 1.807) is 13.2 Å². The summed E-state index contributed by atoms with van der Waals surface area (Å²) in [6.07, 6.45) is 0. The molecule has 0 aromatic heterocycles. The number of carbonyl (C=O) groups is 1. The predicted molar refractivity (Wildman–Crippen MR) is 79.6 cm³/mol. The van der Waals surface area contributed by atoms with Gasteiger partial charge in [-0.15, -0.1) is 0 Å². The minimum absolute atomic E-state index is 0.301. The molecule has 0 atom stereocenters. The first-order valence-electron chi connectivity index (χ1n) is 6.43. The number of hydrogen-bond donors (Lipinski definition) is 1. The summed E-state index contributed by atoms with van der Waals surface area (Å²) >= 11 is 0. The zero-order valence-corrected chi connectivity index (χ0v) is 12.2. The molecule has 2 aromatic rings. The first kappa shape index (κ1) is 14.1. The van der Waals surface area contributed by atoms with Crippen LogP contribution in [0.1, 0.15) is 27.0 Å². The summed E-state index contributed by atoms with van der Waals surface area (Å²) in [7, 11) is 1.60. The topological polar surface area (TPSA) is 46.5 Å². The van der Waals surface area contributed by atoms with Gasteiger partial charge in [-0.3, -0.25) is 0 Å². The second-order valence-corrected chi connectivity index (χ2v) is 5.01. The van der Waals surface area contributed by atoms with E-state index in [-0.39, 0.29) is 0 Å². The Labute approximate surface area is 118 Å². The highest BCUT2D eigenvalue weighted by Crippen LogP contribution is 2.36. The van der Waals surface area contributed by atoms with E-state index in [2.05, 4.69) is 0 Å². The lowest BCUT2D eigenvalue weighted by Gasteiger charge is -2.15. The molecular weight excluding hydrogens is 252 g/mol. The number of methoxy groups -OCH3 is 1. The molecule has 0 saturated heterocycles. The van der Waals surface area contributed by atoms with Gasteiger partial charge in [0.2, 0.25) is 0 Å². The van der Waals surface area contributed by atoms with E-state index in [0.29, 0.717) is 16.9 Å². The highest BCUT2D eigenvalue weighted by atomic mass is 16.5. The Morgan fingerprint density at radius 3 is 2.35 bits per heavy atom. The summed E-state index contributed by atoms with van der Waals surface area (Å²) in [6.45, 7) is 5.85. The van der Waals surface area contributed by atoms with Crippen LogP contribution in [0.15, 0.2) is 30.3 Å². The molecule has 0 aliphatic heterocycles. The van der Waals surface area contributed by atoms with Gasteiger partial charge in [-0.1, -0.05) is 23.8 Å². The molecule has 0 saturated carbocycles. The van der Waals surface area contributed by atoms with Crippen molar-refractivity contribution in [2.75, 3.05) is 7.11 Å². The number of carboxylic acids is 1. The van der Waals surface area contributed by atoms with Crippen LogP contribution in [0, 0.1) is 20.8 Å². The molecule has 0 heterocycles. The monoisotopic (exact) mass is 270 g/mol. The number of ether oxygens (including phenoxy) is 1. The maximum atomic E-state index is 11.5. The molecule has 2 rings (SSSR count). The maximum Gasteiger partial charge on any atom is 0.336 e. The Balaban J connectivity index is 2.78. The SMILES string of the molecule is COc1cc(C)cc(C)c1-c1ccc(C)cc1C(=O)O. The zero-order valence-electron chi connectivity index (χ0n) is 12.2. The van der Waals surface area contributed by atoms with Gasteiger partial charge in [-0.2, -0.15) is 0 Å². The third-order valence-electron chi connectivity index (χ3n) is 3.34. The number of carboxylic acid groups (broad SMARTS) is 1. The zero-order chi connectivity index (χ0) is 14.9. The van der Waals surface area contributed by atoms with E-state index >= 15 is 0 Å². The van der Waals surface area contributed by atoms with Crippen molar-refractivity contribution in [3.8, 4) is 16.9 Å². The van der Waals surface area contributed by atoms with Crippen molar-refractivity contribution in [3.63, 3.8) is 0 Å². The van der Waals surface area contributed by atoms with Crippen molar-refractivity contribution in [2.45, 2.75) is 20.8 Å². The summed E-state index contributed by atoms with van der Waals surface area (Å²) in [6, 6.07) is 9.41. The number of aromatic carboxylic acids is 1. The molecule has 0 aliphatic carbocycles. The number of aryl methyl sites for hydroxylation is 3. The van der Waals surface area contributed by atoms with Gasteiger partial charge in [0, 0.05) is 11.1 Å². The van der Waals surface area contributed by atoms with Crippen LogP contribution in [-0.4, -0.2) is 18.2 Å². The van der Waals surface area contributed by atoms with Gasteiger partial charge in [0.15, 0.2) is 0 Å². The number of rotatable bonds is 3. The van der Waals surface area contributed by atoms with Gasteiger partial charge in [0.05, 0.1) is 12.7 Å². The lowest BCUT2D eigenvalue weighted by molar-refractivity contribution is 0.0697. The van der Waals surface area contributed by atoms with Crippen molar-refractivity contribution in [1.29, 1.82) is 0 Å². The van der Waals surface area contributed by atoms with E-state index in [4.69, 9.17) is 4.74 Å². The highest BCUT2D eigenvalue weighted by molar-refractivity contribution is 5.97. The van der Waals surface area contributed by atoms with Gasteiger partial charge in [-0.25, -0.2) is 4.79 Å². The summed E-state index contributed by atoms with van der Waals surface area (Å²) in [5.41, 5.74) is 4.86. The van der Waals surface area contributed by atoms with Crippen LogP contribution in [0.4, 0.5) is 0 Å². The van der Waals surface area contributed by atoms with E-state index in [1.807, 2.05) is 45.0 Å². The van der Waals surface area contributed by atoms with Crippen LogP contribution >= 0.6 is 0 Å². The second-order valence-electron chi connectivity index (χ2n) is 5.01. The largest absolute Gasteiger partial charge is 0.496 e. The molecule has 2 aromatic carbocycles. The molecule has 104 valence electrons. The number of hydrogen-bond acceptors (Lipinski definition) is 2. The van der Waals surface area contributed by atoms with Crippen LogP contribution in [-0.2, 0) is 0 Å². The fourth-order valence-corrected chi connectivity index (χ4v) is 2.49. The molecule has 0 radical (unpaired) electrons. The van der Waals surface area contributed by atoms with Crippen molar-refractivity contribution in [3.05, 3.63) is 52.6 Å². The van der Waals surface area contributed by atoms with Crippen molar-refractivity contribution in [1.82, 2.24) is 0 Å². The minimum atomic E-state index is -0.925. The summed E-state index contributed by atoms with van der Waals surface area (Å²) in [5.74, 6) is -0.223. The molecular formula is C17H18O3. The van der Waals surface area contributed by atoms with Crippen LogP contribution in [0.25, 0.3) is 11.1 Å². The first-order valence-corrected chi connectivity index (χ1v) is 6.43. The summed E-state index contributed by atoms with van der Waals surface area (Å²) in [5, 5.41) is 9.42. The summed E-state index contributed by atoms with van der Waals surface area (Å²) < 4.78 is 5.43. The first-order chi connectivity index (χ1) is 9.43. The quantitative estimate of drug-likeness (QED) is 0.917. The standard InChI is InChI=1S/C17H18O3/c1-10-5-6-13(14(8-10)17(18)19)16-12(3)7-11(2)9-15(16)20-4/h5-9H,1-4H3,(H,18,19).